The number of carboxylic acid groups (broad SMARTS) is 1. The van der Waals surface area contributed by atoms with E-state index in [2.05, 4.69) is 5.16 Å². The lowest BCUT2D eigenvalue weighted by Crippen LogP contribution is -2.38. The molecule has 0 aliphatic carbocycles. The first-order valence-electron chi connectivity index (χ1n) is 12.5. The van der Waals surface area contributed by atoms with Crippen LogP contribution in [0.1, 0.15) is 53.8 Å². The van der Waals surface area contributed by atoms with Crippen LogP contribution in [0.2, 0.25) is 0 Å². The van der Waals surface area contributed by atoms with E-state index in [0.29, 0.717) is 45.3 Å². The van der Waals surface area contributed by atoms with Crippen LogP contribution in [0.5, 0.6) is 5.75 Å². The highest BCUT2D eigenvalue weighted by Crippen LogP contribution is 2.47. The summed E-state index contributed by atoms with van der Waals surface area (Å²) in [4.78, 5) is 27.5. The third-order valence-electron chi connectivity index (χ3n) is 6.52. The lowest BCUT2D eigenvalue weighted by atomic mass is 9.93. The van der Waals surface area contributed by atoms with Gasteiger partial charge in [0.05, 0.1) is 37.1 Å². The van der Waals surface area contributed by atoms with Crippen molar-refractivity contribution in [3.63, 3.8) is 0 Å². The number of benzene rings is 2. The number of anilines is 1. The number of carboxylic acids is 1. The van der Waals surface area contributed by atoms with E-state index >= 15 is 0 Å². The van der Waals surface area contributed by atoms with Crippen molar-refractivity contribution in [2.75, 3.05) is 12.0 Å². The van der Waals surface area contributed by atoms with E-state index in [1.165, 1.54) is 9.58 Å². The Morgan fingerprint density at radius 3 is 2.41 bits per heavy atom. The minimum atomic E-state index is -1.13. The summed E-state index contributed by atoms with van der Waals surface area (Å²) in [6, 6.07) is 13.1. The predicted octanol–water partition coefficient (Wildman–Crippen LogP) is 5.83. The van der Waals surface area contributed by atoms with Crippen molar-refractivity contribution in [1.29, 1.82) is 0 Å². The Labute approximate surface area is 225 Å². The van der Waals surface area contributed by atoms with Gasteiger partial charge in [0.2, 0.25) is 0 Å². The number of methoxy groups -OCH3 is 1. The van der Waals surface area contributed by atoms with Crippen LogP contribution in [0.3, 0.4) is 0 Å². The summed E-state index contributed by atoms with van der Waals surface area (Å²) in [5.41, 5.74) is 4.24. The molecular formula is C29H30N4O6. The molecule has 202 valence electrons. The minimum absolute atomic E-state index is 0.0156. The number of nitrogens with zero attached hydrogens (tertiary/aromatic N) is 4. The Kier molecular flexibility index (Phi) is 6.41. The zero-order valence-corrected chi connectivity index (χ0v) is 22.7. The van der Waals surface area contributed by atoms with Crippen molar-refractivity contribution >= 4 is 17.7 Å². The molecule has 0 atom stereocenters. The molecule has 0 unspecified atom stereocenters. The Balaban J connectivity index is 1.75. The van der Waals surface area contributed by atoms with Crippen molar-refractivity contribution in [2.24, 2.45) is 0 Å². The molecule has 0 spiro atoms. The first-order valence-corrected chi connectivity index (χ1v) is 12.5. The van der Waals surface area contributed by atoms with Gasteiger partial charge in [-0.1, -0.05) is 35.5 Å². The van der Waals surface area contributed by atoms with Crippen LogP contribution in [-0.4, -0.2) is 44.8 Å². The predicted molar refractivity (Wildman–Crippen MR) is 144 cm³/mol. The second kappa shape index (κ2) is 9.61. The standard InChI is InChI=1S/C29H30N4O6/c1-16-24(17(2)39-31-16)20-12-22-19(13-23(20)37-6)25-21(15-32(22)28(36)38-29(3,4)5)26(27(34)35)33(30-25)14-18-10-8-7-9-11-18/h7-13H,14-15H2,1-6H3,(H,34,35). The van der Waals surface area contributed by atoms with E-state index in [4.69, 9.17) is 19.1 Å². The molecule has 0 fully saturated rings. The van der Waals surface area contributed by atoms with Gasteiger partial charge in [-0.25, -0.2) is 9.59 Å². The number of carbonyl (C=O) groups is 2. The quantitative estimate of drug-likeness (QED) is 0.342. The number of ether oxygens (including phenoxy) is 2. The first-order chi connectivity index (χ1) is 18.5. The Morgan fingerprint density at radius 1 is 1.10 bits per heavy atom. The van der Waals surface area contributed by atoms with Gasteiger partial charge in [-0.2, -0.15) is 5.10 Å². The Morgan fingerprint density at radius 2 is 1.82 bits per heavy atom. The lowest BCUT2D eigenvalue weighted by Gasteiger charge is -2.32. The van der Waals surface area contributed by atoms with Gasteiger partial charge in [0.25, 0.3) is 0 Å². The molecule has 39 heavy (non-hydrogen) atoms. The number of aryl methyl sites for hydroxylation is 2. The van der Waals surface area contributed by atoms with E-state index in [9.17, 15) is 14.7 Å². The molecule has 1 amide bonds. The van der Waals surface area contributed by atoms with Gasteiger partial charge in [0.15, 0.2) is 5.69 Å². The number of rotatable bonds is 5. The highest BCUT2D eigenvalue weighted by atomic mass is 16.6. The van der Waals surface area contributed by atoms with Crippen LogP contribution in [-0.2, 0) is 17.8 Å². The van der Waals surface area contributed by atoms with Gasteiger partial charge in [-0.15, -0.1) is 0 Å². The number of aromatic carboxylic acids is 1. The number of fused-ring (bicyclic) bond motifs is 3. The second-order valence-electron chi connectivity index (χ2n) is 10.5. The van der Waals surface area contributed by atoms with Crippen molar-refractivity contribution in [3.8, 4) is 28.1 Å². The molecule has 2 aromatic carbocycles. The van der Waals surface area contributed by atoms with E-state index in [0.717, 1.165) is 11.1 Å². The van der Waals surface area contributed by atoms with Gasteiger partial charge in [0.1, 0.15) is 22.8 Å². The lowest BCUT2D eigenvalue weighted by molar-refractivity contribution is 0.0573. The van der Waals surface area contributed by atoms with Gasteiger partial charge >= 0.3 is 12.1 Å². The van der Waals surface area contributed by atoms with Crippen LogP contribution >= 0.6 is 0 Å². The van der Waals surface area contributed by atoms with Crippen LogP contribution in [0.4, 0.5) is 10.5 Å². The largest absolute Gasteiger partial charge is 0.496 e. The van der Waals surface area contributed by atoms with Crippen molar-refractivity contribution in [3.05, 3.63) is 70.7 Å². The number of hydrogen-bond acceptors (Lipinski definition) is 7. The van der Waals surface area contributed by atoms with Crippen LogP contribution in [0, 0.1) is 13.8 Å². The molecule has 4 aromatic rings. The third kappa shape index (κ3) is 4.73. The number of carbonyl (C=O) groups excluding carboxylic acids is 1. The SMILES string of the molecule is COc1cc2c(cc1-c1c(C)noc1C)N(C(=O)OC(C)(C)C)Cc1c-2nn(Cc2ccccc2)c1C(=O)O. The molecule has 0 saturated heterocycles. The molecule has 0 saturated carbocycles. The molecule has 10 heteroatoms. The molecule has 5 rings (SSSR count). The normalized spacial score (nSPS) is 12.6. The number of amides is 1. The molecular weight excluding hydrogens is 500 g/mol. The second-order valence-corrected chi connectivity index (χ2v) is 10.5. The molecule has 1 N–H and O–H groups in total. The van der Waals surface area contributed by atoms with Crippen LogP contribution in [0.25, 0.3) is 22.4 Å². The fraction of sp³-hybridized carbons (Fsp3) is 0.310. The zero-order valence-electron chi connectivity index (χ0n) is 22.7. The summed E-state index contributed by atoms with van der Waals surface area (Å²) in [5.74, 6) is -0.0208. The number of aromatic nitrogens is 3. The zero-order chi connectivity index (χ0) is 28.1. The fourth-order valence-corrected chi connectivity index (χ4v) is 4.91. The Bertz CT molecular complexity index is 1560. The smallest absolute Gasteiger partial charge is 0.415 e. The average molecular weight is 531 g/mol. The van der Waals surface area contributed by atoms with E-state index in [1.807, 2.05) is 50.2 Å². The van der Waals surface area contributed by atoms with Gasteiger partial charge in [0, 0.05) is 16.7 Å². The fourth-order valence-electron chi connectivity index (χ4n) is 4.91. The first kappa shape index (κ1) is 26.0. The van der Waals surface area contributed by atoms with Crippen LogP contribution < -0.4 is 9.64 Å². The molecule has 10 nitrogen and oxygen atoms in total. The summed E-state index contributed by atoms with van der Waals surface area (Å²) >= 11 is 0. The molecule has 2 aromatic heterocycles. The van der Waals surface area contributed by atoms with Crippen molar-refractivity contribution in [1.82, 2.24) is 14.9 Å². The molecule has 3 heterocycles. The van der Waals surface area contributed by atoms with Crippen molar-refractivity contribution < 1.29 is 28.7 Å². The summed E-state index contributed by atoms with van der Waals surface area (Å²) in [6.07, 6.45) is -0.601. The average Bonchev–Trinajstić information content (AvgIpc) is 3.40. The van der Waals surface area contributed by atoms with Crippen molar-refractivity contribution in [2.45, 2.75) is 53.3 Å². The van der Waals surface area contributed by atoms with E-state index in [1.54, 1.807) is 33.9 Å². The highest BCUT2D eigenvalue weighted by Gasteiger charge is 2.37. The van der Waals surface area contributed by atoms with E-state index in [-0.39, 0.29) is 18.8 Å². The molecule has 1 aliphatic heterocycles. The summed E-state index contributed by atoms with van der Waals surface area (Å²) in [7, 11) is 1.55. The molecule has 0 bridgehead atoms. The maximum atomic E-state index is 13.5. The third-order valence-corrected chi connectivity index (χ3v) is 6.52. The van der Waals surface area contributed by atoms with Gasteiger partial charge in [-0.05, 0) is 52.3 Å². The number of hydrogen-bond donors (Lipinski definition) is 1. The maximum Gasteiger partial charge on any atom is 0.415 e. The monoisotopic (exact) mass is 530 g/mol. The molecule has 1 aliphatic rings. The van der Waals surface area contributed by atoms with Crippen LogP contribution in [0.15, 0.2) is 47.0 Å². The van der Waals surface area contributed by atoms with E-state index < -0.39 is 17.7 Å². The highest BCUT2D eigenvalue weighted by molar-refractivity contribution is 6.01. The Hall–Kier alpha value is -4.60. The summed E-state index contributed by atoms with van der Waals surface area (Å²) in [5, 5.41) is 19.1. The summed E-state index contributed by atoms with van der Waals surface area (Å²) < 4.78 is 18.4. The van der Waals surface area contributed by atoms with Gasteiger partial charge in [-0.3, -0.25) is 9.58 Å². The maximum absolute atomic E-state index is 13.5. The topological polar surface area (TPSA) is 120 Å². The molecule has 0 radical (unpaired) electrons. The summed E-state index contributed by atoms with van der Waals surface area (Å²) in [6.45, 7) is 9.22. The van der Waals surface area contributed by atoms with Gasteiger partial charge < -0.3 is 19.1 Å². The minimum Gasteiger partial charge on any atom is -0.496 e.